The van der Waals surface area contributed by atoms with E-state index in [1.807, 2.05) is 41.5 Å². The topological polar surface area (TPSA) is 63.1 Å². The minimum atomic E-state index is -1.17. The molecule has 0 fully saturated rings. The Balaban J connectivity index is 2.74. The van der Waals surface area contributed by atoms with E-state index in [0.29, 0.717) is 17.5 Å². The highest BCUT2D eigenvalue weighted by atomic mass is 35.5. The number of aliphatic hydroxyl groups excluding tert-OH is 1. The maximum atomic E-state index is 15.1. The highest BCUT2D eigenvalue weighted by molar-refractivity contribution is 6.30. The number of Topliss-reactive ketones (excluding diaryl/α,β-unsaturated/α-hetero) is 1. The first kappa shape index (κ1) is 23.4. The van der Waals surface area contributed by atoms with Crippen LogP contribution in [0, 0.1) is 22.6 Å². The molecule has 6 heteroatoms. The summed E-state index contributed by atoms with van der Waals surface area (Å²) in [7, 11) is 0. The summed E-state index contributed by atoms with van der Waals surface area (Å²) in [5.74, 6) is -2.08. The van der Waals surface area contributed by atoms with Crippen molar-refractivity contribution in [2.24, 2.45) is 16.7 Å². The van der Waals surface area contributed by atoms with Gasteiger partial charge in [-0.05, 0) is 23.1 Å². The zero-order valence-corrected chi connectivity index (χ0v) is 18.7. The molecular formula is C23H30ClFN2O2. The number of carbonyl (C=O) groups is 1. The van der Waals surface area contributed by atoms with Crippen LogP contribution < -0.4 is 0 Å². The Kier molecular flexibility index (Phi) is 7.18. The Labute approximate surface area is 177 Å². The van der Waals surface area contributed by atoms with Gasteiger partial charge in [0.25, 0.3) is 0 Å². The van der Waals surface area contributed by atoms with Crippen molar-refractivity contribution in [2.45, 2.75) is 60.0 Å². The number of hydrogen-bond acceptors (Lipinski definition) is 4. The second-order valence-corrected chi connectivity index (χ2v) is 9.68. The normalized spacial score (nSPS) is 15.6. The van der Waals surface area contributed by atoms with Gasteiger partial charge in [-0.25, -0.2) is 14.4 Å². The maximum Gasteiger partial charge on any atom is 0.144 e. The number of carbonyl (C=O) groups excluding carboxylic acids is 1. The number of ketones is 1. The standard InChI is InChI=1S/C23H30ClFN2O2/c1-7-23(5,6)19(16-9-8-15(24)10-17(16)25)18(21(29)22(2,3)4)20(28)14-11-26-13-27-12-14/h8-13,18-20,28H,7H2,1-6H3. The molecule has 158 valence electrons. The minimum absolute atomic E-state index is 0.144. The Bertz CT molecular complexity index is 850. The van der Waals surface area contributed by atoms with Crippen LogP contribution in [0.3, 0.4) is 0 Å². The van der Waals surface area contributed by atoms with Crippen molar-refractivity contribution in [3.8, 4) is 0 Å². The first-order chi connectivity index (χ1) is 13.4. The van der Waals surface area contributed by atoms with E-state index in [1.165, 1.54) is 24.8 Å². The molecule has 0 aliphatic heterocycles. The maximum absolute atomic E-state index is 15.1. The van der Waals surface area contributed by atoms with Crippen LogP contribution in [0.25, 0.3) is 0 Å². The van der Waals surface area contributed by atoms with Gasteiger partial charge in [0.15, 0.2) is 0 Å². The molecule has 0 aliphatic carbocycles. The molecule has 2 rings (SSSR count). The number of hydrogen-bond donors (Lipinski definition) is 1. The predicted octanol–water partition coefficient (Wildman–Crippen LogP) is 5.75. The van der Waals surface area contributed by atoms with E-state index in [2.05, 4.69) is 9.97 Å². The number of benzene rings is 1. The molecule has 0 amide bonds. The Morgan fingerprint density at radius 3 is 2.24 bits per heavy atom. The number of aliphatic hydroxyl groups is 1. The molecular weight excluding hydrogens is 391 g/mol. The molecule has 1 aromatic heterocycles. The van der Waals surface area contributed by atoms with Crippen LogP contribution in [0.15, 0.2) is 36.9 Å². The highest BCUT2D eigenvalue weighted by Gasteiger charge is 2.47. The molecule has 4 nitrogen and oxygen atoms in total. The summed E-state index contributed by atoms with van der Waals surface area (Å²) in [5, 5.41) is 11.6. The fourth-order valence-corrected chi connectivity index (χ4v) is 3.88. The average Bonchev–Trinajstić information content (AvgIpc) is 2.65. The van der Waals surface area contributed by atoms with Crippen LogP contribution in [0.1, 0.15) is 71.1 Å². The van der Waals surface area contributed by atoms with Gasteiger partial charge in [-0.15, -0.1) is 0 Å². The molecule has 3 atom stereocenters. The minimum Gasteiger partial charge on any atom is -0.388 e. The molecule has 29 heavy (non-hydrogen) atoms. The molecule has 1 heterocycles. The van der Waals surface area contributed by atoms with E-state index < -0.39 is 34.6 Å². The third-order valence-electron chi connectivity index (χ3n) is 5.71. The molecule has 0 radical (unpaired) electrons. The molecule has 3 unspecified atom stereocenters. The van der Waals surface area contributed by atoms with Gasteiger partial charge in [0.2, 0.25) is 0 Å². The summed E-state index contributed by atoms with van der Waals surface area (Å²) < 4.78 is 15.1. The lowest BCUT2D eigenvalue weighted by Crippen LogP contribution is -2.41. The molecule has 0 saturated heterocycles. The molecule has 0 aliphatic rings. The van der Waals surface area contributed by atoms with Crippen molar-refractivity contribution >= 4 is 17.4 Å². The second kappa shape index (κ2) is 8.88. The largest absolute Gasteiger partial charge is 0.388 e. The monoisotopic (exact) mass is 420 g/mol. The van der Waals surface area contributed by atoms with Gasteiger partial charge in [-0.2, -0.15) is 0 Å². The predicted molar refractivity (Wildman–Crippen MR) is 113 cm³/mol. The van der Waals surface area contributed by atoms with Crippen LogP contribution in [-0.2, 0) is 4.79 Å². The number of rotatable bonds is 7. The van der Waals surface area contributed by atoms with Crippen molar-refractivity contribution in [3.63, 3.8) is 0 Å². The Hall–Kier alpha value is -1.85. The van der Waals surface area contributed by atoms with Crippen LogP contribution in [0.5, 0.6) is 0 Å². The van der Waals surface area contributed by atoms with Crippen molar-refractivity contribution in [3.05, 3.63) is 58.9 Å². The van der Waals surface area contributed by atoms with Crippen LogP contribution in [0.4, 0.5) is 4.39 Å². The molecule has 0 saturated carbocycles. The lowest BCUT2D eigenvalue weighted by molar-refractivity contribution is -0.137. The summed E-state index contributed by atoms with van der Waals surface area (Å²) >= 11 is 5.97. The van der Waals surface area contributed by atoms with Gasteiger partial charge in [0.1, 0.15) is 17.9 Å². The summed E-state index contributed by atoms with van der Waals surface area (Å²) in [6.45, 7) is 11.4. The molecule has 0 spiro atoms. The van der Waals surface area contributed by atoms with Crippen LogP contribution in [0.2, 0.25) is 5.02 Å². The quantitative estimate of drug-likeness (QED) is 0.619. The molecule has 2 aromatic rings. The van der Waals surface area contributed by atoms with Crippen molar-refractivity contribution in [1.82, 2.24) is 9.97 Å². The summed E-state index contributed by atoms with van der Waals surface area (Å²) in [4.78, 5) is 21.5. The van der Waals surface area contributed by atoms with Gasteiger partial charge >= 0.3 is 0 Å². The van der Waals surface area contributed by atoms with Gasteiger partial charge in [0.05, 0.1) is 12.0 Å². The van der Waals surface area contributed by atoms with Crippen LogP contribution >= 0.6 is 11.6 Å². The lowest BCUT2D eigenvalue weighted by atomic mass is 9.61. The smallest absolute Gasteiger partial charge is 0.144 e. The Morgan fingerprint density at radius 2 is 1.76 bits per heavy atom. The summed E-state index contributed by atoms with van der Waals surface area (Å²) in [5.41, 5.74) is -0.399. The van der Waals surface area contributed by atoms with Crippen molar-refractivity contribution in [1.29, 1.82) is 0 Å². The molecule has 1 aromatic carbocycles. The SMILES string of the molecule is CCC(C)(C)C(c1ccc(Cl)cc1F)C(C(=O)C(C)(C)C)C(O)c1cncnc1. The first-order valence-corrected chi connectivity index (χ1v) is 10.2. The zero-order valence-electron chi connectivity index (χ0n) is 17.9. The van der Waals surface area contributed by atoms with Gasteiger partial charge in [0, 0.05) is 34.3 Å². The average molecular weight is 421 g/mol. The number of halogens is 2. The lowest BCUT2D eigenvalue weighted by Gasteiger charge is -2.43. The van der Waals surface area contributed by atoms with E-state index in [1.54, 1.807) is 12.1 Å². The van der Waals surface area contributed by atoms with Crippen molar-refractivity contribution in [2.75, 3.05) is 0 Å². The fourth-order valence-electron chi connectivity index (χ4n) is 3.72. The highest BCUT2D eigenvalue weighted by Crippen LogP contribution is 2.50. The molecule has 0 bridgehead atoms. The zero-order chi connectivity index (χ0) is 22.0. The number of nitrogens with zero attached hydrogens (tertiary/aromatic N) is 2. The van der Waals surface area contributed by atoms with E-state index in [9.17, 15) is 9.90 Å². The van der Waals surface area contributed by atoms with Gasteiger partial charge < -0.3 is 5.11 Å². The fraction of sp³-hybridized carbons (Fsp3) is 0.522. The van der Waals surface area contributed by atoms with Crippen LogP contribution in [-0.4, -0.2) is 20.9 Å². The number of aromatic nitrogens is 2. The Morgan fingerprint density at radius 1 is 1.17 bits per heavy atom. The third-order valence-corrected chi connectivity index (χ3v) is 5.95. The first-order valence-electron chi connectivity index (χ1n) is 9.82. The third kappa shape index (κ3) is 5.20. The van der Waals surface area contributed by atoms with E-state index >= 15 is 4.39 Å². The van der Waals surface area contributed by atoms with Crippen molar-refractivity contribution < 1.29 is 14.3 Å². The summed E-state index contributed by atoms with van der Waals surface area (Å²) in [6, 6.07) is 4.50. The summed E-state index contributed by atoms with van der Waals surface area (Å²) in [6.07, 6.45) is 3.87. The molecule has 1 N–H and O–H groups in total. The van der Waals surface area contributed by atoms with Gasteiger partial charge in [-0.1, -0.05) is 65.6 Å². The second-order valence-electron chi connectivity index (χ2n) is 9.24. The van der Waals surface area contributed by atoms with E-state index in [-0.39, 0.29) is 10.8 Å². The van der Waals surface area contributed by atoms with E-state index in [0.717, 1.165) is 0 Å². The van der Waals surface area contributed by atoms with E-state index in [4.69, 9.17) is 11.6 Å². The van der Waals surface area contributed by atoms with Gasteiger partial charge in [-0.3, -0.25) is 4.79 Å².